The predicted molar refractivity (Wildman–Crippen MR) is 135 cm³/mol. The lowest BCUT2D eigenvalue weighted by molar-refractivity contribution is 0.461. The summed E-state index contributed by atoms with van der Waals surface area (Å²) in [5.74, 6) is -0.286. The fourth-order valence-corrected chi connectivity index (χ4v) is 4.94. The SMILES string of the molecule is Cc1ccc(-c2nn(C(c3ccccc3)(c3ccccc3)c3ccccc3)cc2Br)c(F)c1. The molecule has 5 rings (SSSR count). The van der Waals surface area contributed by atoms with Gasteiger partial charge in [0.1, 0.15) is 17.1 Å². The van der Waals surface area contributed by atoms with E-state index in [1.165, 1.54) is 0 Å². The molecule has 4 heteroatoms. The second kappa shape index (κ2) is 8.80. The number of aromatic nitrogens is 2. The van der Waals surface area contributed by atoms with E-state index < -0.39 is 5.54 Å². The third kappa shape index (κ3) is 3.70. The molecule has 0 saturated heterocycles. The van der Waals surface area contributed by atoms with Crippen LogP contribution in [0.2, 0.25) is 0 Å². The molecule has 1 heterocycles. The molecule has 0 radical (unpaired) electrons. The van der Waals surface area contributed by atoms with E-state index in [0.29, 0.717) is 11.3 Å². The van der Waals surface area contributed by atoms with Crippen molar-refractivity contribution in [1.82, 2.24) is 9.78 Å². The quantitative estimate of drug-likeness (QED) is 0.229. The van der Waals surface area contributed by atoms with Crippen molar-refractivity contribution in [3.63, 3.8) is 0 Å². The molecule has 0 N–H and O–H groups in total. The Balaban J connectivity index is 1.85. The Hall–Kier alpha value is -3.50. The normalized spacial score (nSPS) is 11.5. The van der Waals surface area contributed by atoms with Crippen molar-refractivity contribution in [1.29, 1.82) is 0 Å². The molecule has 1 aromatic heterocycles. The Morgan fingerprint density at radius 3 is 1.67 bits per heavy atom. The van der Waals surface area contributed by atoms with Crippen LogP contribution < -0.4 is 0 Å². The fraction of sp³-hybridized carbons (Fsp3) is 0.0690. The second-order valence-corrected chi connectivity index (χ2v) is 8.92. The molecule has 0 spiro atoms. The van der Waals surface area contributed by atoms with Gasteiger partial charge in [-0.2, -0.15) is 5.10 Å². The Kier molecular flexibility index (Phi) is 5.69. The van der Waals surface area contributed by atoms with Crippen molar-refractivity contribution < 1.29 is 4.39 Å². The minimum Gasteiger partial charge on any atom is -0.251 e. The first-order valence-electron chi connectivity index (χ1n) is 10.8. The van der Waals surface area contributed by atoms with Gasteiger partial charge >= 0.3 is 0 Å². The fourth-order valence-electron chi connectivity index (χ4n) is 4.45. The second-order valence-electron chi connectivity index (χ2n) is 8.06. The van der Waals surface area contributed by atoms with Crippen LogP contribution in [0.25, 0.3) is 11.3 Å². The molecule has 0 atom stereocenters. The number of halogens is 2. The lowest BCUT2D eigenvalue weighted by atomic mass is 9.77. The summed E-state index contributed by atoms with van der Waals surface area (Å²) >= 11 is 3.67. The summed E-state index contributed by atoms with van der Waals surface area (Å²) in [5, 5.41) is 5.00. The van der Waals surface area contributed by atoms with Crippen LogP contribution in [0.1, 0.15) is 22.3 Å². The van der Waals surface area contributed by atoms with E-state index in [0.717, 1.165) is 26.7 Å². The molecule has 0 aliphatic rings. The highest BCUT2D eigenvalue weighted by Gasteiger charge is 2.40. The molecule has 162 valence electrons. The zero-order chi connectivity index (χ0) is 22.8. The first-order chi connectivity index (χ1) is 16.1. The van der Waals surface area contributed by atoms with Crippen LogP contribution in [0.15, 0.2) is 120 Å². The minimum absolute atomic E-state index is 0.286. The molecule has 0 fully saturated rings. The van der Waals surface area contributed by atoms with E-state index in [-0.39, 0.29) is 5.82 Å². The molecule has 0 aliphatic carbocycles. The summed E-state index contributed by atoms with van der Waals surface area (Å²) in [6.07, 6.45) is 1.95. The predicted octanol–water partition coefficient (Wildman–Crippen LogP) is 7.60. The van der Waals surface area contributed by atoms with E-state index >= 15 is 0 Å². The molecule has 0 saturated carbocycles. The van der Waals surface area contributed by atoms with Crippen molar-refractivity contribution in [3.05, 3.63) is 148 Å². The van der Waals surface area contributed by atoms with E-state index in [1.54, 1.807) is 12.1 Å². The number of nitrogens with zero attached hydrogens (tertiary/aromatic N) is 2. The average molecular weight is 497 g/mol. The molecular weight excluding hydrogens is 475 g/mol. The first kappa shape index (κ1) is 21.4. The molecule has 0 aliphatic heterocycles. The Labute approximate surface area is 201 Å². The van der Waals surface area contributed by atoms with Crippen molar-refractivity contribution in [2.24, 2.45) is 0 Å². The van der Waals surface area contributed by atoms with E-state index in [9.17, 15) is 4.39 Å². The Morgan fingerprint density at radius 2 is 1.21 bits per heavy atom. The Morgan fingerprint density at radius 1 is 0.727 bits per heavy atom. The highest BCUT2D eigenvalue weighted by molar-refractivity contribution is 9.10. The number of rotatable bonds is 5. The molecule has 2 nitrogen and oxygen atoms in total. The smallest absolute Gasteiger partial charge is 0.138 e. The van der Waals surface area contributed by atoms with Crippen LogP contribution >= 0.6 is 15.9 Å². The standard InChI is InChI=1S/C29H22BrFN2/c1-21-17-18-25(27(31)19-21)28-26(30)20-33(32-28)29(22-11-5-2-6-12-22,23-13-7-3-8-14-23)24-15-9-4-10-16-24/h2-20H,1H3. The van der Waals surface area contributed by atoms with Crippen molar-refractivity contribution >= 4 is 15.9 Å². The van der Waals surface area contributed by atoms with Gasteiger partial charge in [-0.3, -0.25) is 4.68 Å². The molecule has 0 amide bonds. The van der Waals surface area contributed by atoms with Gasteiger partial charge in [-0.25, -0.2) is 4.39 Å². The molecule has 0 bridgehead atoms. The summed E-state index contributed by atoms with van der Waals surface area (Å²) in [6.45, 7) is 1.88. The number of aryl methyl sites for hydroxylation is 1. The monoisotopic (exact) mass is 496 g/mol. The highest BCUT2D eigenvalue weighted by Crippen LogP contribution is 2.42. The summed E-state index contributed by atoms with van der Waals surface area (Å²) in [5.41, 5.74) is 4.36. The van der Waals surface area contributed by atoms with Crippen LogP contribution in [-0.2, 0) is 5.54 Å². The number of hydrogen-bond acceptors (Lipinski definition) is 1. The van der Waals surface area contributed by atoms with Crippen LogP contribution in [0.3, 0.4) is 0 Å². The minimum atomic E-state index is -0.744. The molecule has 4 aromatic carbocycles. The van der Waals surface area contributed by atoms with E-state index in [1.807, 2.05) is 78.5 Å². The average Bonchev–Trinajstić information content (AvgIpc) is 3.23. The maximum absolute atomic E-state index is 14.9. The van der Waals surface area contributed by atoms with Crippen LogP contribution in [-0.4, -0.2) is 9.78 Å². The van der Waals surface area contributed by atoms with Crippen LogP contribution in [0, 0.1) is 12.7 Å². The topological polar surface area (TPSA) is 17.8 Å². The highest BCUT2D eigenvalue weighted by atomic mass is 79.9. The number of benzene rings is 4. The van der Waals surface area contributed by atoms with Crippen LogP contribution in [0.4, 0.5) is 4.39 Å². The van der Waals surface area contributed by atoms with Gasteiger partial charge in [0.15, 0.2) is 0 Å². The van der Waals surface area contributed by atoms with Crippen molar-refractivity contribution in [3.8, 4) is 11.3 Å². The van der Waals surface area contributed by atoms with E-state index in [2.05, 4.69) is 52.3 Å². The third-order valence-corrected chi connectivity index (χ3v) is 6.55. The van der Waals surface area contributed by atoms with Gasteiger partial charge < -0.3 is 0 Å². The van der Waals surface area contributed by atoms with Crippen molar-refractivity contribution in [2.45, 2.75) is 12.5 Å². The van der Waals surface area contributed by atoms with Gasteiger partial charge in [0, 0.05) is 11.8 Å². The summed E-state index contributed by atoms with van der Waals surface area (Å²) in [7, 11) is 0. The van der Waals surface area contributed by atoms with Gasteiger partial charge in [-0.15, -0.1) is 0 Å². The zero-order valence-electron chi connectivity index (χ0n) is 18.1. The van der Waals surface area contributed by atoms with Gasteiger partial charge in [0.25, 0.3) is 0 Å². The molecule has 5 aromatic rings. The van der Waals surface area contributed by atoms with Crippen LogP contribution in [0.5, 0.6) is 0 Å². The largest absolute Gasteiger partial charge is 0.251 e. The maximum atomic E-state index is 14.9. The lowest BCUT2D eigenvalue weighted by Gasteiger charge is -2.36. The molecular formula is C29H22BrFN2. The first-order valence-corrected chi connectivity index (χ1v) is 11.6. The number of hydrogen-bond donors (Lipinski definition) is 0. The van der Waals surface area contributed by atoms with Gasteiger partial charge in [0.05, 0.1) is 4.47 Å². The Bertz CT molecular complexity index is 1280. The third-order valence-electron chi connectivity index (χ3n) is 5.97. The maximum Gasteiger partial charge on any atom is 0.138 e. The van der Waals surface area contributed by atoms with Gasteiger partial charge in [-0.05, 0) is 57.2 Å². The molecule has 0 unspecified atom stereocenters. The summed E-state index contributed by atoms with van der Waals surface area (Å²) in [6, 6.07) is 36.2. The summed E-state index contributed by atoms with van der Waals surface area (Å²) < 4.78 is 17.6. The van der Waals surface area contributed by atoms with Gasteiger partial charge in [0.2, 0.25) is 0 Å². The molecule has 33 heavy (non-hydrogen) atoms. The lowest BCUT2D eigenvalue weighted by Crippen LogP contribution is -2.38. The zero-order valence-corrected chi connectivity index (χ0v) is 19.7. The van der Waals surface area contributed by atoms with E-state index in [4.69, 9.17) is 5.10 Å². The van der Waals surface area contributed by atoms with Gasteiger partial charge in [-0.1, -0.05) is 97.1 Å². The van der Waals surface area contributed by atoms with Crippen molar-refractivity contribution in [2.75, 3.05) is 0 Å². The summed E-state index contributed by atoms with van der Waals surface area (Å²) in [4.78, 5) is 0.